The molecule has 1 aromatic heterocycles. The van der Waals surface area contributed by atoms with Crippen LogP contribution in [0.25, 0.3) is 0 Å². The molecule has 0 aliphatic carbocycles. The number of imidazole rings is 1. The van der Waals surface area contributed by atoms with Crippen molar-refractivity contribution in [2.75, 3.05) is 6.79 Å². The van der Waals surface area contributed by atoms with Gasteiger partial charge in [0.05, 0.1) is 23.6 Å². The van der Waals surface area contributed by atoms with Crippen LogP contribution in [0.4, 0.5) is 0 Å². The topological polar surface area (TPSA) is 36.3 Å². The van der Waals surface area contributed by atoms with Crippen molar-refractivity contribution in [2.45, 2.75) is 19.3 Å². The second kappa shape index (κ2) is 4.53. The summed E-state index contributed by atoms with van der Waals surface area (Å²) >= 11 is 5.93. The Morgan fingerprint density at radius 3 is 3.00 bits per heavy atom. The van der Waals surface area contributed by atoms with Crippen molar-refractivity contribution in [3.63, 3.8) is 0 Å². The number of fused-ring (bicyclic) bond motifs is 1. The minimum atomic E-state index is 0.301. The van der Waals surface area contributed by atoms with Crippen LogP contribution in [0.5, 0.6) is 11.5 Å². The molecule has 0 atom stereocenters. The summed E-state index contributed by atoms with van der Waals surface area (Å²) in [4.78, 5) is 4.28. The van der Waals surface area contributed by atoms with Gasteiger partial charge in [0.25, 0.3) is 0 Å². The minimum Gasteiger partial charge on any atom is -0.454 e. The fourth-order valence-electron chi connectivity index (χ4n) is 2.05. The Bertz CT molecular complexity index is 580. The van der Waals surface area contributed by atoms with Crippen LogP contribution in [-0.2, 0) is 12.4 Å². The van der Waals surface area contributed by atoms with Crippen LogP contribution in [0.3, 0.4) is 0 Å². The van der Waals surface area contributed by atoms with Gasteiger partial charge in [-0.2, -0.15) is 0 Å². The number of aromatic nitrogens is 2. The van der Waals surface area contributed by atoms with Gasteiger partial charge in [0.1, 0.15) is 0 Å². The molecule has 0 spiro atoms. The van der Waals surface area contributed by atoms with Crippen molar-refractivity contribution < 1.29 is 9.47 Å². The Morgan fingerprint density at radius 2 is 2.17 bits per heavy atom. The third-order valence-corrected chi connectivity index (χ3v) is 3.32. The maximum absolute atomic E-state index is 5.93. The molecule has 1 aromatic carbocycles. The fourth-order valence-corrected chi connectivity index (χ4v) is 2.40. The van der Waals surface area contributed by atoms with E-state index in [1.807, 2.05) is 31.5 Å². The zero-order valence-corrected chi connectivity index (χ0v) is 10.8. The predicted molar refractivity (Wildman–Crippen MR) is 68.2 cm³/mol. The van der Waals surface area contributed by atoms with Crippen molar-refractivity contribution in [3.8, 4) is 11.5 Å². The third kappa shape index (κ3) is 1.93. The molecule has 5 heteroatoms. The molecule has 0 fully saturated rings. The first-order valence-electron chi connectivity index (χ1n) is 5.73. The SMILES string of the molecule is Cc1ncn(Cc2ccc3c(c2)OCO3)c1CCl. The van der Waals surface area contributed by atoms with E-state index < -0.39 is 0 Å². The molecule has 2 heterocycles. The molecule has 0 saturated carbocycles. The van der Waals surface area contributed by atoms with E-state index in [4.69, 9.17) is 21.1 Å². The highest BCUT2D eigenvalue weighted by molar-refractivity contribution is 6.17. The number of rotatable bonds is 3. The van der Waals surface area contributed by atoms with Crippen LogP contribution in [-0.4, -0.2) is 16.3 Å². The summed E-state index contributed by atoms with van der Waals surface area (Å²) in [5.41, 5.74) is 3.17. The van der Waals surface area contributed by atoms with Crippen molar-refractivity contribution in [1.29, 1.82) is 0 Å². The molecule has 0 radical (unpaired) electrons. The molecule has 2 aromatic rings. The smallest absolute Gasteiger partial charge is 0.231 e. The summed E-state index contributed by atoms with van der Waals surface area (Å²) in [6.07, 6.45) is 1.82. The van der Waals surface area contributed by atoms with Gasteiger partial charge in [-0.15, -0.1) is 11.6 Å². The van der Waals surface area contributed by atoms with Crippen LogP contribution in [0.15, 0.2) is 24.5 Å². The van der Waals surface area contributed by atoms with Gasteiger partial charge in [-0.05, 0) is 24.6 Å². The first kappa shape index (κ1) is 11.4. The Morgan fingerprint density at radius 1 is 1.33 bits per heavy atom. The lowest BCUT2D eigenvalue weighted by Gasteiger charge is -2.07. The van der Waals surface area contributed by atoms with Crippen LogP contribution in [0.2, 0.25) is 0 Å². The number of hydrogen-bond donors (Lipinski definition) is 0. The number of halogens is 1. The van der Waals surface area contributed by atoms with Crippen LogP contribution >= 0.6 is 11.6 Å². The van der Waals surface area contributed by atoms with Gasteiger partial charge < -0.3 is 14.0 Å². The van der Waals surface area contributed by atoms with Gasteiger partial charge in [-0.25, -0.2) is 4.98 Å². The molecule has 94 valence electrons. The maximum Gasteiger partial charge on any atom is 0.231 e. The number of aryl methyl sites for hydroxylation is 1. The number of hydrogen-bond acceptors (Lipinski definition) is 3. The Hall–Kier alpha value is -1.68. The van der Waals surface area contributed by atoms with Crippen LogP contribution in [0, 0.1) is 6.92 Å². The fraction of sp³-hybridized carbons (Fsp3) is 0.308. The molecule has 1 aliphatic heterocycles. The van der Waals surface area contributed by atoms with Crippen molar-refractivity contribution >= 4 is 11.6 Å². The molecule has 1 aliphatic rings. The first-order valence-corrected chi connectivity index (χ1v) is 6.26. The summed E-state index contributed by atoms with van der Waals surface area (Å²) in [7, 11) is 0. The average molecular weight is 265 g/mol. The lowest BCUT2D eigenvalue weighted by molar-refractivity contribution is 0.174. The van der Waals surface area contributed by atoms with Crippen molar-refractivity contribution in [3.05, 3.63) is 41.5 Å². The van der Waals surface area contributed by atoms with E-state index in [-0.39, 0.29) is 0 Å². The average Bonchev–Trinajstić information content (AvgIpc) is 2.96. The monoisotopic (exact) mass is 264 g/mol. The van der Waals surface area contributed by atoms with E-state index in [2.05, 4.69) is 9.55 Å². The summed E-state index contributed by atoms with van der Waals surface area (Å²) in [6, 6.07) is 5.96. The van der Waals surface area contributed by atoms with E-state index in [0.29, 0.717) is 12.7 Å². The van der Waals surface area contributed by atoms with E-state index in [0.717, 1.165) is 35.0 Å². The van der Waals surface area contributed by atoms with Crippen LogP contribution < -0.4 is 9.47 Å². The first-order chi connectivity index (χ1) is 8.78. The quantitative estimate of drug-likeness (QED) is 0.800. The highest BCUT2D eigenvalue weighted by atomic mass is 35.5. The van der Waals surface area contributed by atoms with Gasteiger partial charge in [0.2, 0.25) is 6.79 Å². The van der Waals surface area contributed by atoms with Gasteiger partial charge in [0.15, 0.2) is 11.5 Å². The highest BCUT2D eigenvalue weighted by Crippen LogP contribution is 2.32. The van der Waals surface area contributed by atoms with Gasteiger partial charge in [0, 0.05) is 6.54 Å². The Labute approximate surface area is 110 Å². The molecule has 3 rings (SSSR count). The third-order valence-electron chi connectivity index (χ3n) is 3.07. The van der Waals surface area contributed by atoms with E-state index >= 15 is 0 Å². The summed E-state index contributed by atoms with van der Waals surface area (Å²) in [5, 5.41) is 0. The number of alkyl halides is 1. The van der Waals surface area contributed by atoms with Crippen molar-refractivity contribution in [1.82, 2.24) is 9.55 Å². The molecule has 0 saturated heterocycles. The van der Waals surface area contributed by atoms with E-state index in [9.17, 15) is 0 Å². The standard InChI is InChI=1S/C13H13ClN2O2/c1-9-11(5-14)16(7-15-9)6-10-2-3-12-13(4-10)18-8-17-12/h2-4,7H,5-6,8H2,1H3. The Kier molecular flexibility index (Phi) is 2.88. The van der Waals surface area contributed by atoms with Crippen LogP contribution in [0.1, 0.15) is 17.0 Å². The van der Waals surface area contributed by atoms with Gasteiger partial charge in [-0.3, -0.25) is 0 Å². The summed E-state index contributed by atoms with van der Waals surface area (Å²) in [5.74, 6) is 2.08. The Balaban J connectivity index is 1.88. The molecular weight excluding hydrogens is 252 g/mol. The minimum absolute atomic E-state index is 0.301. The molecule has 0 amide bonds. The summed E-state index contributed by atoms with van der Waals surface area (Å²) < 4.78 is 12.7. The molecule has 18 heavy (non-hydrogen) atoms. The number of benzene rings is 1. The van der Waals surface area contributed by atoms with Gasteiger partial charge in [-0.1, -0.05) is 6.07 Å². The maximum atomic E-state index is 5.93. The lowest BCUT2D eigenvalue weighted by atomic mass is 10.2. The molecule has 0 unspecified atom stereocenters. The molecule has 0 N–H and O–H groups in total. The van der Waals surface area contributed by atoms with E-state index in [1.54, 1.807) is 0 Å². The summed E-state index contributed by atoms with van der Waals surface area (Å²) in [6.45, 7) is 3.00. The second-order valence-corrected chi connectivity index (χ2v) is 4.49. The zero-order valence-electron chi connectivity index (χ0n) is 10.0. The zero-order chi connectivity index (χ0) is 12.5. The van der Waals surface area contributed by atoms with Crippen molar-refractivity contribution in [2.24, 2.45) is 0 Å². The number of nitrogens with zero attached hydrogens (tertiary/aromatic N) is 2. The number of ether oxygens (including phenoxy) is 2. The second-order valence-electron chi connectivity index (χ2n) is 4.23. The predicted octanol–water partition coefficient (Wildman–Crippen LogP) is 2.71. The lowest BCUT2D eigenvalue weighted by Crippen LogP contribution is -2.02. The molecular formula is C13H13ClN2O2. The normalized spacial score (nSPS) is 13.0. The van der Waals surface area contributed by atoms with E-state index in [1.165, 1.54) is 0 Å². The molecule has 0 bridgehead atoms. The molecule has 4 nitrogen and oxygen atoms in total. The highest BCUT2D eigenvalue weighted by Gasteiger charge is 2.14. The van der Waals surface area contributed by atoms with Gasteiger partial charge >= 0.3 is 0 Å². The largest absolute Gasteiger partial charge is 0.454 e.